The van der Waals surface area contributed by atoms with Crippen LogP contribution < -0.4 is 0 Å². The summed E-state index contributed by atoms with van der Waals surface area (Å²) in [5.74, 6) is 2.19. The molecule has 1 unspecified atom stereocenters. The molecule has 0 aliphatic carbocycles. The van der Waals surface area contributed by atoms with Crippen LogP contribution in [0.1, 0.15) is 76.7 Å². The van der Waals surface area contributed by atoms with E-state index in [2.05, 4.69) is 42.0 Å². The minimum Gasteiger partial charge on any atom is -0.469 e. The molecule has 0 radical (unpaired) electrons. The molecule has 5 nitrogen and oxygen atoms in total. The van der Waals surface area contributed by atoms with E-state index in [9.17, 15) is 14.7 Å². The predicted octanol–water partition coefficient (Wildman–Crippen LogP) is 5.24. The highest BCUT2D eigenvalue weighted by Crippen LogP contribution is 2.26. The predicted molar refractivity (Wildman–Crippen MR) is 136 cm³/mol. The molecule has 0 saturated carbocycles. The van der Waals surface area contributed by atoms with Crippen molar-refractivity contribution < 1.29 is 19.4 Å². The number of nitrogens with zero attached hydrogens (tertiary/aromatic N) is 1. The first-order valence-electron chi connectivity index (χ1n) is 12.7. The molecule has 0 bridgehead atoms. The molecular weight excluding hydrogens is 434 g/mol. The molecule has 1 aromatic rings. The van der Waals surface area contributed by atoms with E-state index in [-0.39, 0.29) is 24.0 Å². The Hall–Kier alpha value is -1.53. The van der Waals surface area contributed by atoms with Gasteiger partial charge in [-0.05, 0) is 62.2 Å². The quantitative estimate of drug-likeness (QED) is 0.245. The van der Waals surface area contributed by atoms with Crippen LogP contribution in [0.2, 0.25) is 0 Å². The molecule has 186 valence electrons. The van der Waals surface area contributed by atoms with Crippen LogP contribution in [0, 0.1) is 5.92 Å². The maximum absolute atomic E-state index is 12.3. The minimum absolute atomic E-state index is 0.162. The third-order valence-corrected chi connectivity index (χ3v) is 7.80. The van der Waals surface area contributed by atoms with Crippen molar-refractivity contribution in [1.82, 2.24) is 4.90 Å². The number of esters is 1. The first-order chi connectivity index (χ1) is 16.0. The molecule has 1 aliphatic rings. The Morgan fingerprint density at radius 1 is 1.15 bits per heavy atom. The number of amides is 1. The van der Waals surface area contributed by atoms with Crippen molar-refractivity contribution in [3.8, 4) is 0 Å². The highest BCUT2D eigenvalue weighted by molar-refractivity contribution is 7.99. The zero-order valence-corrected chi connectivity index (χ0v) is 21.4. The first-order valence-corrected chi connectivity index (χ1v) is 13.8. The molecule has 1 saturated heterocycles. The molecule has 1 amide bonds. The normalized spacial score (nSPS) is 17.8. The molecule has 1 aromatic carbocycles. The number of hydrogen-bond acceptors (Lipinski definition) is 5. The Balaban J connectivity index is 1.57. The molecule has 0 spiro atoms. The second-order valence-electron chi connectivity index (χ2n) is 9.28. The SMILES string of the molecule is COC(=O)CCCSCCN1C(=O)CCC1CC[C@@H](O)[C@@H](C)CCCCCc1ccccc1. The Morgan fingerprint density at radius 3 is 2.70 bits per heavy atom. The summed E-state index contributed by atoms with van der Waals surface area (Å²) in [7, 11) is 1.42. The minimum atomic E-state index is -0.288. The molecule has 33 heavy (non-hydrogen) atoms. The van der Waals surface area contributed by atoms with E-state index in [0.717, 1.165) is 63.0 Å². The zero-order chi connectivity index (χ0) is 23.9. The van der Waals surface area contributed by atoms with Crippen LogP contribution in [-0.4, -0.2) is 59.2 Å². The Labute approximate surface area is 204 Å². The smallest absolute Gasteiger partial charge is 0.305 e. The lowest BCUT2D eigenvalue weighted by Crippen LogP contribution is -2.35. The largest absolute Gasteiger partial charge is 0.469 e. The van der Waals surface area contributed by atoms with Crippen molar-refractivity contribution >= 4 is 23.6 Å². The van der Waals surface area contributed by atoms with Gasteiger partial charge in [0.25, 0.3) is 0 Å². The van der Waals surface area contributed by atoms with E-state index in [1.807, 2.05) is 4.90 Å². The van der Waals surface area contributed by atoms with Crippen LogP contribution in [0.25, 0.3) is 0 Å². The molecule has 2 rings (SSSR count). The van der Waals surface area contributed by atoms with Crippen LogP contribution in [-0.2, 0) is 20.7 Å². The van der Waals surface area contributed by atoms with Gasteiger partial charge in [-0.3, -0.25) is 9.59 Å². The lowest BCUT2D eigenvalue weighted by molar-refractivity contribution is -0.140. The van der Waals surface area contributed by atoms with Gasteiger partial charge in [-0.25, -0.2) is 0 Å². The van der Waals surface area contributed by atoms with E-state index in [1.54, 1.807) is 11.8 Å². The van der Waals surface area contributed by atoms with Crippen LogP contribution in [0.5, 0.6) is 0 Å². The standard InChI is InChI=1S/C27H43NO4S/c1-22(10-5-3-6-11-23-12-7-4-8-13-23)25(29)17-15-24-16-18-26(30)28(24)19-21-33-20-9-14-27(31)32-2/h4,7-8,12-13,22,24-25,29H,3,5-6,9-11,14-21H2,1-2H3/t22-,24?,25+/m0/s1. The lowest BCUT2D eigenvalue weighted by Gasteiger charge is -2.27. The maximum atomic E-state index is 12.3. The van der Waals surface area contributed by atoms with Gasteiger partial charge < -0.3 is 14.7 Å². The molecule has 1 N–H and O–H groups in total. The van der Waals surface area contributed by atoms with Crippen molar-refractivity contribution in [2.75, 3.05) is 25.2 Å². The van der Waals surface area contributed by atoms with Crippen LogP contribution in [0.4, 0.5) is 0 Å². The van der Waals surface area contributed by atoms with Gasteiger partial charge in [0.05, 0.1) is 13.2 Å². The summed E-state index contributed by atoms with van der Waals surface area (Å²) in [5.41, 5.74) is 1.40. The number of carbonyl (C=O) groups excluding carboxylic acids is 2. The monoisotopic (exact) mass is 477 g/mol. The number of hydrogen-bond donors (Lipinski definition) is 1. The maximum Gasteiger partial charge on any atom is 0.305 e. The van der Waals surface area contributed by atoms with Gasteiger partial charge in [-0.1, -0.05) is 50.1 Å². The summed E-state index contributed by atoms with van der Waals surface area (Å²) in [6.45, 7) is 2.92. The van der Waals surface area contributed by atoms with Gasteiger partial charge in [-0.15, -0.1) is 0 Å². The van der Waals surface area contributed by atoms with Gasteiger partial charge in [0.1, 0.15) is 0 Å². The number of unbranched alkanes of at least 4 members (excludes halogenated alkanes) is 2. The number of carbonyl (C=O) groups is 2. The van der Waals surface area contributed by atoms with Crippen molar-refractivity contribution in [2.45, 2.75) is 89.7 Å². The molecule has 1 aliphatic heterocycles. The number of ether oxygens (including phenoxy) is 1. The molecule has 3 atom stereocenters. The summed E-state index contributed by atoms with van der Waals surface area (Å²) < 4.78 is 4.66. The Morgan fingerprint density at radius 2 is 1.94 bits per heavy atom. The summed E-state index contributed by atoms with van der Waals surface area (Å²) in [6.07, 6.45) is 9.93. The molecule has 1 heterocycles. The molecule has 1 fully saturated rings. The fourth-order valence-electron chi connectivity index (χ4n) is 4.54. The highest BCUT2D eigenvalue weighted by Gasteiger charge is 2.31. The van der Waals surface area contributed by atoms with Crippen LogP contribution in [0.3, 0.4) is 0 Å². The number of methoxy groups -OCH3 is 1. The molecule has 6 heteroatoms. The summed E-state index contributed by atoms with van der Waals surface area (Å²) in [6, 6.07) is 10.9. The van der Waals surface area contributed by atoms with Crippen molar-refractivity contribution in [3.05, 3.63) is 35.9 Å². The van der Waals surface area contributed by atoms with Gasteiger partial charge in [0.2, 0.25) is 5.91 Å². The summed E-state index contributed by atoms with van der Waals surface area (Å²) >= 11 is 1.79. The Bertz CT molecular complexity index is 684. The number of likely N-dealkylation sites (tertiary alicyclic amines) is 1. The van der Waals surface area contributed by atoms with Gasteiger partial charge in [-0.2, -0.15) is 11.8 Å². The van der Waals surface area contributed by atoms with Crippen LogP contribution >= 0.6 is 11.8 Å². The lowest BCUT2D eigenvalue weighted by atomic mass is 9.92. The van der Waals surface area contributed by atoms with E-state index < -0.39 is 0 Å². The van der Waals surface area contributed by atoms with E-state index in [1.165, 1.54) is 25.5 Å². The van der Waals surface area contributed by atoms with Gasteiger partial charge >= 0.3 is 5.97 Å². The number of aliphatic hydroxyl groups is 1. The first kappa shape index (κ1) is 27.7. The fourth-order valence-corrected chi connectivity index (χ4v) is 5.42. The number of aliphatic hydroxyl groups excluding tert-OH is 1. The van der Waals surface area contributed by atoms with Gasteiger partial charge in [0.15, 0.2) is 0 Å². The van der Waals surface area contributed by atoms with Crippen LogP contribution in [0.15, 0.2) is 30.3 Å². The summed E-state index contributed by atoms with van der Waals surface area (Å²) in [4.78, 5) is 25.5. The number of aryl methyl sites for hydroxylation is 1. The van der Waals surface area contributed by atoms with E-state index in [4.69, 9.17) is 0 Å². The van der Waals surface area contributed by atoms with Gasteiger partial charge in [0, 0.05) is 31.2 Å². The topological polar surface area (TPSA) is 66.8 Å². The van der Waals surface area contributed by atoms with Crippen molar-refractivity contribution in [3.63, 3.8) is 0 Å². The highest BCUT2D eigenvalue weighted by atomic mass is 32.2. The third kappa shape index (κ3) is 11.0. The Kier molecular flexibility index (Phi) is 13.6. The average molecular weight is 478 g/mol. The van der Waals surface area contributed by atoms with E-state index >= 15 is 0 Å². The number of thioether (sulfide) groups is 1. The van der Waals surface area contributed by atoms with Crippen molar-refractivity contribution in [2.24, 2.45) is 5.92 Å². The van der Waals surface area contributed by atoms with E-state index in [0.29, 0.717) is 18.8 Å². The fraction of sp³-hybridized carbons (Fsp3) is 0.704. The second-order valence-corrected chi connectivity index (χ2v) is 10.5. The summed E-state index contributed by atoms with van der Waals surface area (Å²) in [5, 5.41) is 10.7. The number of rotatable bonds is 17. The third-order valence-electron chi connectivity index (χ3n) is 6.75. The number of benzene rings is 1. The second kappa shape index (κ2) is 16.2. The molecular formula is C27H43NO4S. The van der Waals surface area contributed by atoms with Crippen molar-refractivity contribution in [1.29, 1.82) is 0 Å². The average Bonchev–Trinajstić information content (AvgIpc) is 3.18. The molecule has 0 aromatic heterocycles. The zero-order valence-electron chi connectivity index (χ0n) is 20.5.